The van der Waals surface area contributed by atoms with E-state index in [1.807, 2.05) is 0 Å². The summed E-state index contributed by atoms with van der Waals surface area (Å²) in [5.74, 6) is -1.33. The van der Waals surface area contributed by atoms with Crippen molar-refractivity contribution < 1.29 is 14.4 Å². The van der Waals surface area contributed by atoms with Crippen LogP contribution in [-0.2, 0) is 14.4 Å². The van der Waals surface area contributed by atoms with Crippen LogP contribution in [0.25, 0.3) is 0 Å². The van der Waals surface area contributed by atoms with E-state index >= 15 is 0 Å². The maximum Gasteiger partial charge on any atom is 0.240 e. The molecule has 0 aliphatic carbocycles. The zero-order valence-corrected chi connectivity index (χ0v) is 9.99. The van der Waals surface area contributed by atoms with Gasteiger partial charge in [0, 0.05) is 19.9 Å². The molecule has 4 nitrogen and oxygen atoms in total. The third-order valence-electron chi connectivity index (χ3n) is 3.05. The van der Waals surface area contributed by atoms with Gasteiger partial charge in [0.05, 0.1) is 0 Å². The van der Waals surface area contributed by atoms with Crippen LogP contribution in [0.5, 0.6) is 0 Å². The summed E-state index contributed by atoms with van der Waals surface area (Å²) in [6.07, 6.45) is 4.59. The van der Waals surface area contributed by atoms with Gasteiger partial charge in [-0.25, -0.2) is 0 Å². The highest BCUT2D eigenvalue weighted by Crippen LogP contribution is 2.21. The van der Waals surface area contributed by atoms with Crippen LogP contribution in [0, 0.1) is 5.92 Å². The molecule has 2 amide bonds. The van der Waals surface area contributed by atoms with Gasteiger partial charge in [0.2, 0.25) is 11.8 Å². The minimum atomic E-state index is -0.695. The molecule has 0 radical (unpaired) electrons. The summed E-state index contributed by atoms with van der Waals surface area (Å²) in [6.45, 7) is 2.11. The molecule has 1 rings (SSSR count). The van der Waals surface area contributed by atoms with E-state index in [0.717, 1.165) is 30.6 Å². The van der Waals surface area contributed by atoms with Crippen LogP contribution in [0.4, 0.5) is 0 Å². The second-order valence-electron chi connectivity index (χ2n) is 4.32. The number of amides is 2. The van der Waals surface area contributed by atoms with Crippen molar-refractivity contribution >= 4 is 17.6 Å². The lowest BCUT2D eigenvalue weighted by Crippen LogP contribution is -2.28. The van der Waals surface area contributed by atoms with Gasteiger partial charge >= 0.3 is 0 Å². The third-order valence-corrected chi connectivity index (χ3v) is 3.05. The fourth-order valence-corrected chi connectivity index (χ4v) is 1.91. The molecule has 1 atom stereocenters. The van der Waals surface area contributed by atoms with E-state index in [-0.39, 0.29) is 24.0 Å². The molecular weight excluding hydrogens is 206 g/mol. The smallest absolute Gasteiger partial charge is 0.240 e. The number of likely N-dealkylation sites (tertiary alicyclic amines) is 1. The minimum Gasteiger partial charge on any atom is -0.299 e. The van der Waals surface area contributed by atoms with Crippen molar-refractivity contribution in [2.75, 3.05) is 7.05 Å². The second kappa shape index (κ2) is 5.77. The Morgan fingerprint density at radius 2 is 2.00 bits per heavy atom. The minimum absolute atomic E-state index is 0.0706. The monoisotopic (exact) mass is 225 g/mol. The molecule has 1 aliphatic rings. The van der Waals surface area contributed by atoms with E-state index in [1.54, 1.807) is 0 Å². The standard InChI is InChI=1S/C12H19NO3/c1-3-4-5-6-7-10(14)9-8-11(15)13(2)12(9)16/h9H,3-8H2,1-2H3. The maximum atomic E-state index is 11.7. The fraction of sp³-hybridized carbons (Fsp3) is 0.750. The van der Waals surface area contributed by atoms with E-state index in [0.29, 0.717) is 6.42 Å². The van der Waals surface area contributed by atoms with Crippen LogP contribution in [-0.4, -0.2) is 29.5 Å². The Labute approximate surface area is 96.0 Å². The number of hydrogen-bond acceptors (Lipinski definition) is 3. The van der Waals surface area contributed by atoms with Crippen molar-refractivity contribution in [3.8, 4) is 0 Å². The molecule has 1 fully saturated rings. The molecule has 0 spiro atoms. The van der Waals surface area contributed by atoms with Gasteiger partial charge < -0.3 is 0 Å². The van der Waals surface area contributed by atoms with E-state index in [4.69, 9.17) is 0 Å². The van der Waals surface area contributed by atoms with Crippen molar-refractivity contribution in [1.82, 2.24) is 4.90 Å². The largest absolute Gasteiger partial charge is 0.299 e. The van der Waals surface area contributed by atoms with Gasteiger partial charge in [-0.15, -0.1) is 0 Å². The first-order valence-electron chi connectivity index (χ1n) is 5.91. The van der Waals surface area contributed by atoms with Crippen LogP contribution < -0.4 is 0 Å². The lowest BCUT2D eigenvalue weighted by Gasteiger charge is -2.07. The highest BCUT2D eigenvalue weighted by atomic mass is 16.2. The molecule has 90 valence electrons. The van der Waals surface area contributed by atoms with E-state index in [9.17, 15) is 14.4 Å². The average Bonchev–Trinajstić information content (AvgIpc) is 2.52. The zero-order valence-electron chi connectivity index (χ0n) is 9.99. The summed E-state index contributed by atoms with van der Waals surface area (Å²) in [6, 6.07) is 0. The van der Waals surface area contributed by atoms with Crippen LogP contribution >= 0.6 is 0 Å². The molecule has 0 saturated carbocycles. The molecule has 4 heteroatoms. The molecule has 0 N–H and O–H groups in total. The summed E-state index contributed by atoms with van der Waals surface area (Å²) < 4.78 is 0. The summed E-state index contributed by atoms with van der Waals surface area (Å²) in [7, 11) is 1.44. The molecule has 1 unspecified atom stereocenters. The van der Waals surface area contributed by atoms with E-state index in [2.05, 4.69) is 6.92 Å². The number of rotatable bonds is 6. The molecular formula is C12H19NO3. The molecule has 0 aromatic rings. The molecule has 16 heavy (non-hydrogen) atoms. The van der Waals surface area contributed by atoms with Crippen molar-refractivity contribution in [1.29, 1.82) is 0 Å². The van der Waals surface area contributed by atoms with Crippen LogP contribution in [0.3, 0.4) is 0 Å². The SMILES string of the molecule is CCCCCCC(=O)C1CC(=O)N(C)C1=O. The number of carbonyl (C=O) groups is 3. The van der Waals surface area contributed by atoms with Gasteiger partial charge in [-0.1, -0.05) is 26.2 Å². The van der Waals surface area contributed by atoms with Gasteiger partial charge in [0.1, 0.15) is 11.7 Å². The van der Waals surface area contributed by atoms with Crippen molar-refractivity contribution in [3.05, 3.63) is 0 Å². The summed E-state index contributed by atoms with van der Waals surface area (Å²) >= 11 is 0. The normalized spacial score (nSPS) is 20.6. The maximum absolute atomic E-state index is 11.7. The molecule has 0 aromatic carbocycles. The van der Waals surface area contributed by atoms with E-state index < -0.39 is 5.92 Å². The van der Waals surface area contributed by atoms with Gasteiger partial charge in [0.25, 0.3) is 0 Å². The van der Waals surface area contributed by atoms with Crippen LogP contribution in [0.2, 0.25) is 0 Å². The lowest BCUT2D eigenvalue weighted by atomic mass is 9.97. The van der Waals surface area contributed by atoms with E-state index in [1.165, 1.54) is 7.05 Å². The number of unbranched alkanes of at least 4 members (excludes halogenated alkanes) is 3. The summed E-state index contributed by atoms with van der Waals surface area (Å²) in [4.78, 5) is 35.5. The van der Waals surface area contributed by atoms with Crippen molar-refractivity contribution in [2.24, 2.45) is 5.92 Å². The lowest BCUT2D eigenvalue weighted by molar-refractivity contribution is -0.139. The zero-order chi connectivity index (χ0) is 12.1. The summed E-state index contributed by atoms with van der Waals surface area (Å²) in [5, 5.41) is 0. The van der Waals surface area contributed by atoms with Gasteiger partial charge in [-0.3, -0.25) is 19.3 Å². The van der Waals surface area contributed by atoms with Crippen LogP contribution in [0.15, 0.2) is 0 Å². The van der Waals surface area contributed by atoms with Gasteiger partial charge in [0.15, 0.2) is 0 Å². The fourth-order valence-electron chi connectivity index (χ4n) is 1.91. The number of Topliss-reactive ketones (excluding diaryl/α,β-unsaturated/α-hetero) is 1. The average molecular weight is 225 g/mol. The van der Waals surface area contributed by atoms with Gasteiger partial charge in [-0.2, -0.15) is 0 Å². The Hall–Kier alpha value is -1.19. The Morgan fingerprint density at radius 3 is 2.50 bits per heavy atom. The summed E-state index contributed by atoms with van der Waals surface area (Å²) in [5.41, 5.74) is 0. The van der Waals surface area contributed by atoms with Crippen molar-refractivity contribution in [2.45, 2.75) is 45.4 Å². The first kappa shape index (κ1) is 12.9. The number of hydrogen-bond donors (Lipinski definition) is 0. The first-order chi connectivity index (χ1) is 7.57. The van der Waals surface area contributed by atoms with Crippen molar-refractivity contribution in [3.63, 3.8) is 0 Å². The number of imide groups is 1. The quantitative estimate of drug-likeness (QED) is 0.391. The Bertz CT molecular complexity index is 299. The van der Waals surface area contributed by atoms with Gasteiger partial charge in [-0.05, 0) is 6.42 Å². The number of nitrogens with zero attached hydrogens (tertiary/aromatic N) is 1. The number of ketones is 1. The Kier molecular flexibility index (Phi) is 4.65. The third kappa shape index (κ3) is 2.90. The molecule has 1 saturated heterocycles. The Morgan fingerprint density at radius 1 is 1.31 bits per heavy atom. The molecule has 1 heterocycles. The predicted molar refractivity (Wildman–Crippen MR) is 59.7 cm³/mol. The molecule has 1 aliphatic heterocycles. The highest BCUT2D eigenvalue weighted by molar-refractivity contribution is 6.13. The first-order valence-corrected chi connectivity index (χ1v) is 5.91. The molecule has 0 bridgehead atoms. The second-order valence-corrected chi connectivity index (χ2v) is 4.32. The van der Waals surface area contributed by atoms with Crippen LogP contribution in [0.1, 0.15) is 45.4 Å². The topological polar surface area (TPSA) is 54.5 Å². The molecule has 0 aromatic heterocycles. The predicted octanol–water partition coefficient (Wildman–Crippen LogP) is 1.53. The highest BCUT2D eigenvalue weighted by Gasteiger charge is 2.39. The number of carbonyl (C=O) groups excluding carboxylic acids is 3. The Balaban J connectivity index is 2.38.